The van der Waals surface area contributed by atoms with Gasteiger partial charge in [0.2, 0.25) is 0 Å². The molecule has 1 aromatic rings. The fourth-order valence-corrected chi connectivity index (χ4v) is 1.93. The second-order valence-electron chi connectivity index (χ2n) is 6.84. The zero-order chi connectivity index (χ0) is 17.5. The van der Waals surface area contributed by atoms with E-state index in [1.165, 1.54) is 5.56 Å². The van der Waals surface area contributed by atoms with Crippen molar-refractivity contribution in [2.75, 3.05) is 27.2 Å². The van der Waals surface area contributed by atoms with Crippen molar-refractivity contribution < 1.29 is 14.3 Å². The van der Waals surface area contributed by atoms with Crippen LogP contribution < -0.4 is 10.1 Å². The van der Waals surface area contributed by atoms with Crippen LogP contribution in [0.15, 0.2) is 24.3 Å². The highest BCUT2D eigenvalue weighted by Crippen LogP contribution is 2.22. The molecular weight excluding hydrogens is 292 g/mol. The van der Waals surface area contributed by atoms with Crippen LogP contribution in [0.25, 0.3) is 0 Å². The average molecular weight is 322 g/mol. The molecule has 5 nitrogen and oxygen atoms in total. The van der Waals surface area contributed by atoms with Gasteiger partial charge in [-0.2, -0.15) is 0 Å². The number of benzene rings is 1. The van der Waals surface area contributed by atoms with E-state index in [4.69, 9.17) is 9.47 Å². The second kappa shape index (κ2) is 8.77. The van der Waals surface area contributed by atoms with E-state index in [0.29, 0.717) is 19.2 Å². The van der Waals surface area contributed by atoms with Crippen LogP contribution in [0.4, 0.5) is 4.79 Å². The molecule has 1 rings (SSSR count). The number of nitrogens with zero attached hydrogens (tertiary/aromatic N) is 1. The standard InChI is InChI=1S/C18H30N2O3/c1-14(20(5)6)15-9-7-10-16(13-15)22-12-8-11-19-17(21)23-18(2,3)4/h7,9-10,13-14H,8,11-12H2,1-6H3,(H,19,21). The molecule has 1 unspecified atom stereocenters. The zero-order valence-corrected chi connectivity index (χ0v) is 15.2. The number of carbonyl (C=O) groups is 1. The molecule has 0 saturated carbocycles. The van der Waals surface area contributed by atoms with Gasteiger partial charge >= 0.3 is 6.09 Å². The van der Waals surface area contributed by atoms with E-state index in [1.54, 1.807) is 0 Å². The molecule has 1 amide bonds. The lowest BCUT2D eigenvalue weighted by Crippen LogP contribution is -2.33. The van der Waals surface area contributed by atoms with Crippen molar-refractivity contribution in [1.29, 1.82) is 0 Å². The van der Waals surface area contributed by atoms with E-state index < -0.39 is 5.60 Å². The molecule has 0 saturated heterocycles. The minimum Gasteiger partial charge on any atom is -0.494 e. The van der Waals surface area contributed by atoms with Gasteiger partial charge in [0.25, 0.3) is 0 Å². The molecule has 23 heavy (non-hydrogen) atoms. The van der Waals surface area contributed by atoms with Crippen LogP contribution in [-0.4, -0.2) is 43.8 Å². The summed E-state index contributed by atoms with van der Waals surface area (Å²) in [7, 11) is 4.11. The van der Waals surface area contributed by atoms with Crippen LogP contribution in [0.2, 0.25) is 0 Å². The minimum absolute atomic E-state index is 0.340. The molecular formula is C18H30N2O3. The Morgan fingerprint density at radius 2 is 2.00 bits per heavy atom. The maximum Gasteiger partial charge on any atom is 0.407 e. The Bertz CT molecular complexity index is 495. The summed E-state index contributed by atoms with van der Waals surface area (Å²) in [6.45, 7) is 8.77. The first-order valence-electron chi connectivity index (χ1n) is 8.05. The van der Waals surface area contributed by atoms with Gasteiger partial charge in [-0.05, 0) is 65.9 Å². The first-order chi connectivity index (χ1) is 10.7. The highest BCUT2D eigenvalue weighted by molar-refractivity contribution is 5.67. The fourth-order valence-electron chi connectivity index (χ4n) is 1.93. The topological polar surface area (TPSA) is 50.8 Å². The highest BCUT2D eigenvalue weighted by atomic mass is 16.6. The summed E-state index contributed by atoms with van der Waals surface area (Å²) in [4.78, 5) is 13.7. The molecule has 1 N–H and O–H groups in total. The summed E-state index contributed by atoms with van der Waals surface area (Å²) in [5.41, 5.74) is 0.754. The van der Waals surface area contributed by atoms with Crippen molar-refractivity contribution in [1.82, 2.24) is 10.2 Å². The minimum atomic E-state index is -0.468. The zero-order valence-electron chi connectivity index (χ0n) is 15.2. The van der Waals surface area contributed by atoms with Gasteiger partial charge in [0.05, 0.1) is 6.61 Å². The summed E-state index contributed by atoms with van der Waals surface area (Å²) in [5, 5.41) is 2.72. The quantitative estimate of drug-likeness (QED) is 0.779. The average Bonchev–Trinajstić information content (AvgIpc) is 2.44. The number of alkyl carbamates (subject to hydrolysis) is 1. The molecule has 0 aromatic heterocycles. The number of hydrogen-bond donors (Lipinski definition) is 1. The van der Waals surface area contributed by atoms with Gasteiger partial charge in [-0.25, -0.2) is 4.79 Å². The number of carbonyl (C=O) groups excluding carboxylic acids is 1. The molecule has 0 aliphatic heterocycles. The van der Waals surface area contributed by atoms with Crippen molar-refractivity contribution in [2.45, 2.75) is 45.8 Å². The lowest BCUT2D eigenvalue weighted by Gasteiger charge is -2.20. The van der Waals surface area contributed by atoms with E-state index in [9.17, 15) is 4.79 Å². The van der Waals surface area contributed by atoms with Gasteiger partial charge in [0.1, 0.15) is 11.4 Å². The van der Waals surface area contributed by atoms with Crippen molar-refractivity contribution in [3.8, 4) is 5.75 Å². The fraction of sp³-hybridized carbons (Fsp3) is 0.611. The molecule has 1 atom stereocenters. The van der Waals surface area contributed by atoms with Crippen molar-refractivity contribution >= 4 is 6.09 Å². The van der Waals surface area contributed by atoms with E-state index in [0.717, 1.165) is 12.2 Å². The number of hydrogen-bond acceptors (Lipinski definition) is 4. The Kier molecular flexibility index (Phi) is 7.36. The molecule has 0 radical (unpaired) electrons. The van der Waals surface area contributed by atoms with Crippen LogP contribution in [-0.2, 0) is 4.74 Å². The molecule has 130 valence electrons. The van der Waals surface area contributed by atoms with Crippen molar-refractivity contribution in [3.05, 3.63) is 29.8 Å². The molecule has 0 aliphatic carbocycles. The summed E-state index contributed by atoms with van der Waals surface area (Å²) >= 11 is 0. The van der Waals surface area contributed by atoms with E-state index in [1.807, 2.05) is 32.9 Å². The van der Waals surface area contributed by atoms with Crippen LogP contribution in [0.3, 0.4) is 0 Å². The SMILES string of the molecule is CC(c1cccc(OCCCNC(=O)OC(C)(C)C)c1)N(C)C. The number of ether oxygens (including phenoxy) is 2. The van der Waals surface area contributed by atoms with Crippen molar-refractivity contribution in [2.24, 2.45) is 0 Å². The number of rotatable bonds is 7. The maximum absolute atomic E-state index is 11.5. The third kappa shape index (κ3) is 7.88. The van der Waals surface area contributed by atoms with E-state index in [2.05, 4.69) is 43.4 Å². The Balaban J connectivity index is 2.31. The summed E-state index contributed by atoms with van der Waals surface area (Å²) < 4.78 is 10.9. The van der Waals surface area contributed by atoms with Gasteiger partial charge in [-0.3, -0.25) is 0 Å². The second-order valence-corrected chi connectivity index (χ2v) is 6.84. The van der Waals surface area contributed by atoms with Gasteiger partial charge in [-0.1, -0.05) is 12.1 Å². The Hall–Kier alpha value is -1.75. The van der Waals surface area contributed by atoms with Crippen LogP contribution in [0.5, 0.6) is 5.75 Å². The first-order valence-corrected chi connectivity index (χ1v) is 8.05. The highest BCUT2D eigenvalue weighted by Gasteiger charge is 2.15. The van der Waals surface area contributed by atoms with Crippen LogP contribution in [0, 0.1) is 0 Å². The third-order valence-corrected chi connectivity index (χ3v) is 3.37. The molecule has 0 aliphatic rings. The lowest BCUT2D eigenvalue weighted by molar-refractivity contribution is 0.0525. The molecule has 5 heteroatoms. The van der Waals surface area contributed by atoms with E-state index >= 15 is 0 Å². The Labute approximate surface area is 140 Å². The monoisotopic (exact) mass is 322 g/mol. The predicted molar refractivity (Wildman–Crippen MR) is 92.9 cm³/mol. The van der Waals surface area contributed by atoms with Crippen LogP contribution >= 0.6 is 0 Å². The van der Waals surface area contributed by atoms with Crippen molar-refractivity contribution in [3.63, 3.8) is 0 Å². The predicted octanol–water partition coefficient (Wildman–Crippen LogP) is 3.60. The lowest BCUT2D eigenvalue weighted by atomic mass is 10.1. The molecule has 0 fully saturated rings. The molecule has 0 heterocycles. The molecule has 0 spiro atoms. The van der Waals surface area contributed by atoms with Gasteiger partial charge in [0.15, 0.2) is 0 Å². The largest absolute Gasteiger partial charge is 0.494 e. The third-order valence-electron chi connectivity index (χ3n) is 3.37. The number of amides is 1. The smallest absolute Gasteiger partial charge is 0.407 e. The number of nitrogens with one attached hydrogen (secondary N) is 1. The van der Waals surface area contributed by atoms with Gasteiger partial charge < -0.3 is 19.7 Å². The summed E-state index contributed by atoms with van der Waals surface area (Å²) in [6.07, 6.45) is 0.339. The normalized spacial score (nSPS) is 12.8. The molecule has 1 aromatic carbocycles. The maximum atomic E-state index is 11.5. The van der Waals surface area contributed by atoms with Crippen LogP contribution in [0.1, 0.15) is 45.7 Å². The summed E-state index contributed by atoms with van der Waals surface area (Å²) in [6, 6.07) is 8.46. The first kappa shape index (κ1) is 19.3. The Morgan fingerprint density at radius 3 is 2.61 bits per heavy atom. The molecule has 0 bridgehead atoms. The Morgan fingerprint density at radius 1 is 1.30 bits per heavy atom. The van der Waals surface area contributed by atoms with Gasteiger partial charge in [0, 0.05) is 12.6 Å². The summed E-state index contributed by atoms with van der Waals surface area (Å²) in [5.74, 6) is 0.855. The van der Waals surface area contributed by atoms with E-state index in [-0.39, 0.29) is 6.09 Å². The van der Waals surface area contributed by atoms with Gasteiger partial charge in [-0.15, -0.1) is 0 Å².